The van der Waals surface area contributed by atoms with Crippen LogP contribution in [0.25, 0.3) is 0 Å². The van der Waals surface area contributed by atoms with Gasteiger partial charge in [-0.1, -0.05) is 37.3 Å². The molecular weight excluding hydrogens is 312 g/mol. The van der Waals surface area contributed by atoms with Crippen molar-refractivity contribution < 1.29 is 9.53 Å². The summed E-state index contributed by atoms with van der Waals surface area (Å²) in [6.07, 6.45) is 2.25. The van der Waals surface area contributed by atoms with Crippen LogP contribution in [0.15, 0.2) is 42.5 Å². The lowest BCUT2D eigenvalue weighted by molar-refractivity contribution is -0.121. The Hall–Kier alpha value is -2.33. The fourth-order valence-corrected chi connectivity index (χ4v) is 2.98. The minimum atomic E-state index is 0.0879. The molecule has 0 bridgehead atoms. The lowest BCUT2D eigenvalue weighted by Gasteiger charge is -2.08. The average Bonchev–Trinajstić information content (AvgIpc) is 3.11. The zero-order chi connectivity index (χ0) is 17.5. The van der Waals surface area contributed by atoms with Crippen LogP contribution in [-0.4, -0.2) is 12.5 Å². The van der Waals surface area contributed by atoms with E-state index in [1.54, 1.807) is 0 Å². The molecule has 4 nitrogen and oxygen atoms in total. The summed E-state index contributed by atoms with van der Waals surface area (Å²) in [5.41, 5.74) is 5.02. The summed E-state index contributed by atoms with van der Waals surface area (Å²) in [6.45, 7) is 5.29. The molecular formula is C21H26N2O2. The molecule has 2 aromatic carbocycles. The van der Waals surface area contributed by atoms with Gasteiger partial charge < -0.3 is 15.4 Å². The monoisotopic (exact) mass is 338 g/mol. The Morgan fingerprint density at radius 2 is 1.84 bits per heavy atom. The summed E-state index contributed by atoms with van der Waals surface area (Å²) in [5, 5.41) is 6.35. The first-order valence-corrected chi connectivity index (χ1v) is 9.04. The number of fused-ring (bicyclic) bond motifs is 1. The summed E-state index contributed by atoms with van der Waals surface area (Å²) in [6, 6.07) is 14.4. The molecule has 1 aliphatic rings. The highest BCUT2D eigenvalue weighted by molar-refractivity contribution is 5.76. The number of hydrogen-bond donors (Lipinski definition) is 2. The summed E-state index contributed by atoms with van der Waals surface area (Å²) in [5.74, 6) is 0.978. The number of amides is 1. The van der Waals surface area contributed by atoms with Gasteiger partial charge >= 0.3 is 0 Å². The van der Waals surface area contributed by atoms with Crippen molar-refractivity contribution in [1.82, 2.24) is 10.6 Å². The van der Waals surface area contributed by atoms with Crippen LogP contribution in [-0.2, 0) is 30.8 Å². The highest BCUT2D eigenvalue weighted by Gasteiger charge is 2.10. The van der Waals surface area contributed by atoms with E-state index in [0.717, 1.165) is 49.4 Å². The predicted molar refractivity (Wildman–Crippen MR) is 99.4 cm³/mol. The van der Waals surface area contributed by atoms with Gasteiger partial charge in [-0.3, -0.25) is 4.79 Å². The topological polar surface area (TPSA) is 50.4 Å². The van der Waals surface area contributed by atoms with Crippen molar-refractivity contribution in [2.75, 3.05) is 6.61 Å². The molecule has 25 heavy (non-hydrogen) atoms. The van der Waals surface area contributed by atoms with Gasteiger partial charge in [-0.25, -0.2) is 0 Å². The largest absolute Gasteiger partial charge is 0.494 e. The van der Waals surface area contributed by atoms with Crippen LogP contribution in [0, 0.1) is 0 Å². The van der Waals surface area contributed by atoms with Gasteiger partial charge in [0.25, 0.3) is 0 Å². The SMILES string of the molecule is CCCOc1ccc(CCC(=O)NCc2ccc3c(c2)CNC3)cc1. The van der Waals surface area contributed by atoms with Gasteiger partial charge in [-0.2, -0.15) is 0 Å². The first-order chi connectivity index (χ1) is 12.2. The standard InChI is InChI=1S/C21H26N2O2/c1-2-11-25-20-8-4-16(5-9-20)6-10-21(24)23-13-17-3-7-18-14-22-15-19(18)12-17/h3-5,7-9,12,22H,2,6,10-11,13-15H2,1H3,(H,23,24). The van der Waals surface area contributed by atoms with Gasteiger partial charge in [0.2, 0.25) is 5.91 Å². The van der Waals surface area contributed by atoms with Crippen LogP contribution in [0.1, 0.15) is 42.0 Å². The minimum absolute atomic E-state index is 0.0879. The van der Waals surface area contributed by atoms with Gasteiger partial charge in [-0.05, 0) is 47.2 Å². The van der Waals surface area contributed by atoms with Crippen LogP contribution in [0.5, 0.6) is 5.75 Å². The van der Waals surface area contributed by atoms with Crippen LogP contribution in [0.4, 0.5) is 0 Å². The lowest BCUT2D eigenvalue weighted by atomic mass is 10.1. The number of carbonyl (C=O) groups is 1. The molecule has 4 heteroatoms. The maximum absolute atomic E-state index is 12.1. The molecule has 0 unspecified atom stereocenters. The number of benzene rings is 2. The smallest absolute Gasteiger partial charge is 0.220 e. The quantitative estimate of drug-likeness (QED) is 0.776. The normalized spacial score (nSPS) is 12.7. The molecule has 0 aromatic heterocycles. The number of carbonyl (C=O) groups excluding carboxylic acids is 1. The minimum Gasteiger partial charge on any atom is -0.494 e. The van der Waals surface area contributed by atoms with Gasteiger partial charge in [0, 0.05) is 26.1 Å². The first kappa shape index (κ1) is 17.5. The Morgan fingerprint density at radius 3 is 2.64 bits per heavy atom. The van der Waals surface area contributed by atoms with Crippen molar-refractivity contribution in [3.63, 3.8) is 0 Å². The third-order valence-electron chi connectivity index (χ3n) is 4.43. The van der Waals surface area contributed by atoms with Crippen molar-refractivity contribution in [3.05, 3.63) is 64.7 Å². The fraction of sp³-hybridized carbons (Fsp3) is 0.381. The van der Waals surface area contributed by atoms with E-state index in [9.17, 15) is 4.79 Å². The molecule has 132 valence electrons. The molecule has 0 saturated carbocycles. The second kappa shape index (κ2) is 8.67. The first-order valence-electron chi connectivity index (χ1n) is 9.04. The molecule has 0 aliphatic carbocycles. The molecule has 3 rings (SSSR count). The summed E-state index contributed by atoms with van der Waals surface area (Å²) < 4.78 is 5.57. The lowest BCUT2D eigenvalue weighted by Crippen LogP contribution is -2.23. The molecule has 1 heterocycles. The summed E-state index contributed by atoms with van der Waals surface area (Å²) in [7, 11) is 0. The third-order valence-corrected chi connectivity index (χ3v) is 4.43. The molecule has 0 saturated heterocycles. The molecule has 0 radical (unpaired) electrons. The van der Waals surface area contributed by atoms with Crippen LogP contribution in [0.3, 0.4) is 0 Å². The van der Waals surface area contributed by atoms with E-state index in [4.69, 9.17) is 4.74 Å². The van der Waals surface area contributed by atoms with Gasteiger partial charge in [0.15, 0.2) is 0 Å². The predicted octanol–water partition coefficient (Wildman–Crippen LogP) is 3.33. The maximum Gasteiger partial charge on any atom is 0.220 e. The molecule has 0 fully saturated rings. The molecule has 1 amide bonds. The van der Waals surface area contributed by atoms with E-state index in [1.165, 1.54) is 11.1 Å². The fourth-order valence-electron chi connectivity index (χ4n) is 2.98. The van der Waals surface area contributed by atoms with Crippen molar-refractivity contribution in [2.24, 2.45) is 0 Å². The number of hydrogen-bond acceptors (Lipinski definition) is 3. The second-order valence-electron chi connectivity index (χ2n) is 6.48. The van der Waals surface area contributed by atoms with Crippen LogP contribution < -0.4 is 15.4 Å². The molecule has 0 spiro atoms. The van der Waals surface area contributed by atoms with E-state index in [-0.39, 0.29) is 5.91 Å². The van der Waals surface area contributed by atoms with Crippen molar-refractivity contribution >= 4 is 5.91 Å². The summed E-state index contributed by atoms with van der Waals surface area (Å²) >= 11 is 0. The van der Waals surface area contributed by atoms with E-state index < -0.39 is 0 Å². The van der Waals surface area contributed by atoms with Crippen molar-refractivity contribution in [2.45, 2.75) is 45.8 Å². The molecule has 2 N–H and O–H groups in total. The van der Waals surface area contributed by atoms with Gasteiger partial charge in [0.05, 0.1) is 6.61 Å². The van der Waals surface area contributed by atoms with E-state index in [0.29, 0.717) is 13.0 Å². The number of aryl methyl sites for hydroxylation is 1. The zero-order valence-electron chi connectivity index (χ0n) is 14.8. The van der Waals surface area contributed by atoms with E-state index in [2.05, 4.69) is 35.8 Å². The van der Waals surface area contributed by atoms with Crippen LogP contribution >= 0.6 is 0 Å². The molecule has 1 aliphatic heterocycles. The zero-order valence-corrected chi connectivity index (χ0v) is 14.8. The van der Waals surface area contributed by atoms with Crippen molar-refractivity contribution in [3.8, 4) is 5.75 Å². The Labute approximate surface area is 149 Å². The Balaban J connectivity index is 1.42. The second-order valence-corrected chi connectivity index (χ2v) is 6.48. The Morgan fingerprint density at radius 1 is 1.08 bits per heavy atom. The highest BCUT2D eigenvalue weighted by Crippen LogP contribution is 2.17. The third kappa shape index (κ3) is 5.07. The maximum atomic E-state index is 12.1. The van der Waals surface area contributed by atoms with Gasteiger partial charge in [0.1, 0.15) is 5.75 Å². The van der Waals surface area contributed by atoms with E-state index in [1.807, 2.05) is 24.3 Å². The number of nitrogens with one attached hydrogen (secondary N) is 2. The average molecular weight is 338 g/mol. The number of rotatable bonds is 8. The Bertz CT molecular complexity index is 710. The molecule has 0 atom stereocenters. The Kier molecular flexibility index (Phi) is 6.07. The summed E-state index contributed by atoms with van der Waals surface area (Å²) in [4.78, 5) is 12.1. The van der Waals surface area contributed by atoms with Gasteiger partial charge in [-0.15, -0.1) is 0 Å². The number of ether oxygens (including phenoxy) is 1. The molecule has 2 aromatic rings. The van der Waals surface area contributed by atoms with E-state index >= 15 is 0 Å². The van der Waals surface area contributed by atoms with Crippen LogP contribution in [0.2, 0.25) is 0 Å². The highest BCUT2D eigenvalue weighted by atomic mass is 16.5. The van der Waals surface area contributed by atoms with Crippen molar-refractivity contribution in [1.29, 1.82) is 0 Å².